The lowest BCUT2D eigenvalue weighted by Crippen LogP contribution is -2.06. The molecule has 0 aliphatic carbocycles. The van der Waals surface area contributed by atoms with Crippen LogP contribution in [-0.4, -0.2) is 38.6 Å². The van der Waals surface area contributed by atoms with E-state index < -0.39 is 0 Å². The second kappa shape index (κ2) is 9.54. The minimum atomic E-state index is -0.0385. The molecule has 150 valence electrons. The van der Waals surface area contributed by atoms with E-state index >= 15 is 0 Å². The largest absolute Gasteiger partial charge is 0.385 e. The molecule has 2 aromatic heterocycles. The van der Waals surface area contributed by atoms with Gasteiger partial charge in [-0.2, -0.15) is 4.98 Å². The van der Waals surface area contributed by atoms with E-state index in [1.54, 1.807) is 18.9 Å². The highest BCUT2D eigenvalue weighted by atomic mass is 35.5. The summed E-state index contributed by atoms with van der Waals surface area (Å²) in [6.45, 7) is 7.52. The molecule has 1 atom stereocenters. The fraction of sp³-hybridized carbons (Fsp3) is 0.474. The van der Waals surface area contributed by atoms with E-state index in [4.69, 9.17) is 20.9 Å². The summed E-state index contributed by atoms with van der Waals surface area (Å²) in [6.07, 6.45) is 0.856. The summed E-state index contributed by atoms with van der Waals surface area (Å²) < 4.78 is 12.7. The van der Waals surface area contributed by atoms with Crippen LogP contribution in [0.1, 0.15) is 50.1 Å². The van der Waals surface area contributed by atoms with Crippen molar-refractivity contribution in [2.75, 3.05) is 13.7 Å². The number of hydrogen-bond acceptors (Lipinski definition) is 7. The number of halogens is 1. The van der Waals surface area contributed by atoms with E-state index in [1.807, 2.05) is 45.0 Å². The van der Waals surface area contributed by atoms with Gasteiger partial charge in [0, 0.05) is 36.8 Å². The molecule has 1 unspecified atom stereocenters. The van der Waals surface area contributed by atoms with E-state index in [2.05, 4.69) is 24.9 Å². The smallest absolute Gasteiger partial charge is 0.239 e. The number of nitrogens with zero attached hydrogens (tertiary/aromatic N) is 5. The first-order chi connectivity index (χ1) is 13.5. The van der Waals surface area contributed by atoms with Crippen LogP contribution >= 0.6 is 23.4 Å². The molecular weight excluding hydrogens is 398 g/mol. The van der Waals surface area contributed by atoms with Gasteiger partial charge >= 0.3 is 0 Å². The lowest BCUT2D eigenvalue weighted by Gasteiger charge is -2.11. The van der Waals surface area contributed by atoms with E-state index in [0.717, 1.165) is 29.5 Å². The summed E-state index contributed by atoms with van der Waals surface area (Å²) in [7, 11) is 1.70. The highest BCUT2D eigenvalue weighted by molar-refractivity contribution is 7.99. The van der Waals surface area contributed by atoms with Gasteiger partial charge in [-0.1, -0.05) is 42.4 Å². The molecule has 0 bridgehead atoms. The molecule has 0 N–H and O–H groups in total. The van der Waals surface area contributed by atoms with Crippen molar-refractivity contribution >= 4 is 23.4 Å². The third-order valence-corrected chi connectivity index (χ3v) is 5.47. The van der Waals surface area contributed by atoms with Crippen LogP contribution in [0.25, 0.3) is 11.4 Å². The summed E-state index contributed by atoms with van der Waals surface area (Å²) in [5, 5.41) is 14.3. The third-order valence-electron chi connectivity index (χ3n) is 4.15. The molecule has 3 aromatic rings. The molecule has 0 spiro atoms. The highest BCUT2D eigenvalue weighted by Gasteiger charge is 2.22. The SMILES string of the molecule is COCCCn1c(SC(C)c2nc(C(C)C)no2)nnc1-c1ccc(Cl)cc1. The Kier molecular flexibility index (Phi) is 7.09. The van der Waals surface area contributed by atoms with Crippen LogP contribution in [0.3, 0.4) is 0 Å². The van der Waals surface area contributed by atoms with Gasteiger partial charge in [-0.05, 0) is 37.6 Å². The van der Waals surface area contributed by atoms with Gasteiger partial charge in [0.15, 0.2) is 16.8 Å². The Labute approximate surface area is 173 Å². The standard InChI is InChI=1S/C19H24ClN5O2S/c1-12(2)16-21-18(27-24-16)13(3)28-19-23-22-17(25(19)10-5-11-26-4)14-6-8-15(20)9-7-14/h6-9,12-13H,5,10-11H2,1-4H3. The average Bonchev–Trinajstić information content (AvgIpc) is 3.31. The van der Waals surface area contributed by atoms with Gasteiger partial charge in [0.05, 0.1) is 5.25 Å². The van der Waals surface area contributed by atoms with Crippen LogP contribution in [-0.2, 0) is 11.3 Å². The number of methoxy groups -OCH3 is 1. The summed E-state index contributed by atoms with van der Waals surface area (Å²) >= 11 is 7.57. The van der Waals surface area contributed by atoms with E-state index in [1.165, 1.54) is 0 Å². The zero-order valence-electron chi connectivity index (χ0n) is 16.4. The van der Waals surface area contributed by atoms with Gasteiger partial charge < -0.3 is 13.8 Å². The van der Waals surface area contributed by atoms with Gasteiger partial charge in [-0.3, -0.25) is 0 Å². The quantitative estimate of drug-likeness (QED) is 0.355. The van der Waals surface area contributed by atoms with Crippen molar-refractivity contribution in [3.63, 3.8) is 0 Å². The normalized spacial score (nSPS) is 12.6. The minimum Gasteiger partial charge on any atom is -0.385 e. The number of benzene rings is 1. The summed E-state index contributed by atoms with van der Waals surface area (Å²) in [5.41, 5.74) is 0.966. The van der Waals surface area contributed by atoms with Gasteiger partial charge in [-0.25, -0.2) is 0 Å². The lowest BCUT2D eigenvalue weighted by molar-refractivity contribution is 0.189. The zero-order chi connectivity index (χ0) is 20.1. The second-order valence-electron chi connectivity index (χ2n) is 6.72. The van der Waals surface area contributed by atoms with E-state index in [9.17, 15) is 0 Å². The summed E-state index contributed by atoms with van der Waals surface area (Å²) in [4.78, 5) is 4.49. The van der Waals surface area contributed by atoms with Gasteiger partial charge in [0.1, 0.15) is 0 Å². The van der Waals surface area contributed by atoms with Crippen molar-refractivity contribution in [2.45, 2.75) is 50.1 Å². The fourth-order valence-corrected chi connectivity index (χ4v) is 3.64. The molecule has 0 radical (unpaired) electrons. The van der Waals surface area contributed by atoms with Crippen molar-refractivity contribution in [1.29, 1.82) is 0 Å². The van der Waals surface area contributed by atoms with Crippen LogP contribution in [0.5, 0.6) is 0 Å². The number of ether oxygens (including phenoxy) is 1. The minimum absolute atomic E-state index is 0.0385. The number of rotatable bonds is 9. The Morgan fingerprint density at radius 3 is 2.57 bits per heavy atom. The maximum absolute atomic E-state index is 6.02. The van der Waals surface area contributed by atoms with Crippen molar-refractivity contribution < 1.29 is 9.26 Å². The first-order valence-corrected chi connectivity index (χ1v) is 10.4. The molecule has 7 nitrogen and oxygen atoms in total. The number of hydrogen-bond donors (Lipinski definition) is 0. The molecule has 28 heavy (non-hydrogen) atoms. The maximum Gasteiger partial charge on any atom is 0.239 e. The summed E-state index contributed by atoms with van der Waals surface area (Å²) in [6, 6.07) is 7.60. The topological polar surface area (TPSA) is 78.9 Å². The second-order valence-corrected chi connectivity index (χ2v) is 8.46. The van der Waals surface area contributed by atoms with Crippen LogP contribution in [0.4, 0.5) is 0 Å². The highest BCUT2D eigenvalue weighted by Crippen LogP contribution is 2.35. The van der Waals surface area contributed by atoms with Crippen LogP contribution in [0.15, 0.2) is 33.9 Å². The monoisotopic (exact) mass is 421 g/mol. The Morgan fingerprint density at radius 1 is 1.18 bits per heavy atom. The van der Waals surface area contributed by atoms with E-state index in [-0.39, 0.29) is 11.2 Å². The van der Waals surface area contributed by atoms with Crippen LogP contribution < -0.4 is 0 Å². The van der Waals surface area contributed by atoms with Gasteiger partial charge in [0.2, 0.25) is 5.89 Å². The van der Waals surface area contributed by atoms with Gasteiger partial charge in [-0.15, -0.1) is 10.2 Å². The molecule has 0 fully saturated rings. The molecule has 0 saturated heterocycles. The fourth-order valence-electron chi connectivity index (χ4n) is 2.61. The predicted octanol–water partition coefficient (Wildman–Crippen LogP) is 4.99. The Morgan fingerprint density at radius 2 is 1.93 bits per heavy atom. The molecule has 3 rings (SSSR count). The van der Waals surface area contributed by atoms with E-state index in [0.29, 0.717) is 23.3 Å². The maximum atomic E-state index is 6.02. The Balaban J connectivity index is 1.85. The summed E-state index contributed by atoms with van der Waals surface area (Å²) in [5.74, 6) is 2.33. The van der Waals surface area contributed by atoms with Crippen LogP contribution in [0, 0.1) is 0 Å². The molecular formula is C19H24ClN5O2S. The molecule has 9 heteroatoms. The van der Waals surface area contributed by atoms with Crippen molar-refractivity contribution in [3.05, 3.63) is 41.0 Å². The zero-order valence-corrected chi connectivity index (χ0v) is 18.0. The van der Waals surface area contributed by atoms with Crippen molar-refractivity contribution in [3.8, 4) is 11.4 Å². The number of aromatic nitrogens is 5. The molecule has 2 heterocycles. The van der Waals surface area contributed by atoms with Crippen molar-refractivity contribution in [1.82, 2.24) is 24.9 Å². The molecule has 0 amide bonds. The third kappa shape index (κ3) is 4.92. The first-order valence-electron chi connectivity index (χ1n) is 9.17. The first kappa shape index (κ1) is 20.8. The Hall–Kier alpha value is -1.90. The van der Waals surface area contributed by atoms with Gasteiger partial charge in [0.25, 0.3) is 0 Å². The predicted molar refractivity (Wildman–Crippen MR) is 110 cm³/mol. The molecule has 0 aliphatic heterocycles. The Bertz CT molecular complexity index is 894. The van der Waals surface area contributed by atoms with Crippen LogP contribution in [0.2, 0.25) is 5.02 Å². The van der Waals surface area contributed by atoms with Crippen molar-refractivity contribution in [2.24, 2.45) is 0 Å². The molecule has 0 aliphatic rings. The average molecular weight is 422 g/mol. The molecule has 1 aromatic carbocycles. The lowest BCUT2D eigenvalue weighted by atomic mass is 10.2. The number of thioether (sulfide) groups is 1. The molecule has 0 saturated carbocycles.